The third kappa shape index (κ3) is 4.37. The zero-order valence-electron chi connectivity index (χ0n) is 10.4. The number of rotatable bonds is 5. The second-order valence-corrected chi connectivity index (χ2v) is 4.09. The first-order chi connectivity index (χ1) is 8.50. The molecule has 0 aromatic carbocycles. The van der Waals surface area contributed by atoms with Crippen LogP contribution >= 0.6 is 0 Å². The van der Waals surface area contributed by atoms with Gasteiger partial charge in [-0.2, -0.15) is 0 Å². The smallest absolute Gasteiger partial charge is 0.328 e. The standard InChI is InChI=1S/C13H16N2O3/c1-10(2)15(12(16)3-4-13(17)18)9-11-5-7-14-8-6-11/h3-8,10H,9H2,1-2H3,(H,17,18)/b4-3+. The predicted octanol–water partition coefficient (Wildman–Crippen LogP) is 1.46. The van der Waals surface area contributed by atoms with E-state index in [1.165, 1.54) is 0 Å². The number of nitrogens with zero attached hydrogens (tertiary/aromatic N) is 2. The van der Waals surface area contributed by atoms with Crippen molar-refractivity contribution in [3.63, 3.8) is 0 Å². The summed E-state index contributed by atoms with van der Waals surface area (Å²) in [4.78, 5) is 27.7. The van der Waals surface area contributed by atoms with Gasteiger partial charge in [-0.05, 0) is 31.5 Å². The van der Waals surface area contributed by atoms with E-state index in [1.54, 1.807) is 17.3 Å². The molecule has 1 rings (SSSR count). The van der Waals surface area contributed by atoms with Gasteiger partial charge in [0, 0.05) is 37.1 Å². The van der Waals surface area contributed by atoms with Crippen LogP contribution in [0.3, 0.4) is 0 Å². The molecule has 96 valence electrons. The van der Waals surface area contributed by atoms with Gasteiger partial charge in [0.25, 0.3) is 0 Å². The first-order valence-corrected chi connectivity index (χ1v) is 5.61. The number of carboxylic acids is 1. The molecule has 0 aliphatic heterocycles. The zero-order chi connectivity index (χ0) is 13.5. The van der Waals surface area contributed by atoms with Gasteiger partial charge in [-0.15, -0.1) is 0 Å². The molecule has 5 heteroatoms. The molecule has 1 heterocycles. The van der Waals surface area contributed by atoms with Crippen LogP contribution in [0.25, 0.3) is 0 Å². The van der Waals surface area contributed by atoms with Crippen molar-refractivity contribution >= 4 is 11.9 Å². The van der Waals surface area contributed by atoms with E-state index < -0.39 is 5.97 Å². The Labute approximate surface area is 106 Å². The van der Waals surface area contributed by atoms with E-state index in [9.17, 15) is 9.59 Å². The van der Waals surface area contributed by atoms with Crippen LogP contribution < -0.4 is 0 Å². The number of carbonyl (C=O) groups excluding carboxylic acids is 1. The molecule has 18 heavy (non-hydrogen) atoms. The lowest BCUT2D eigenvalue weighted by molar-refractivity contribution is -0.132. The van der Waals surface area contributed by atoms with Crippen LogP contribution in [0, 0.1) is 0 Å². The molecule has 0 fully saturated rings. The Balaban J connectivity index is 2.77. The van der Waals surface area contributed by atoms with Gasteiger partial charge < -0.3 is 10.0 Å². The minimum absolute atomic E-state index is 0.0101. The van der Waals surface area contributed by atoms with Gasteiger partial charge in [-0.25, -0.2) is 4.79 Å². The molecule has 1 amide bonds. The number of carboxylic acid groups (broad SMARTS) is 1. The van der Waals surface area contributed by atoms with Crippen molar-refractivity contribution in [3.8, 4) is 0 Å². The molecule has 1 aromatic rings. The van der Waals surface area contributed by atoms with Crippen LogP contribution in [-0.4, -0.2) is 32.9 Å². The van der Waals surface area contributed by atoms with Crippen LogP contribution in [0.4, 0.5) is 0 Å². The van der Waals surface area contributed by atoms with Gasteiger partial charge in [0.2, 0.25) is 5.91 Å². The summed E-state index contributed by atoms with van der Waals surface area (Å²) in [6.45, 7) is 4.20. The molecule has 0 unspecified atom stereocenters. The summed E-state index contributed by atoms with van der Waals surface area (Å²) in [5, 5.41) is 8.51. The van der Waals surface area contributed by atoms with Crippen LogP contribution in [0.2, 0.25) is 0 Å². The highest BCUT2D eigenvalue weighted by Crippen LogP contribution is 2.08. The molecule has 0 aliphatic carbocycles. The fraction of sp³-hybridized carbons (Fsp3) is 0.308. The highest BCUT2D eigenvalue weighted by Gasteiger charge is 2.15. The number of carbonyl (C=O) groups is 2. The minimum Gasteiger partial charge on any atom is -0.478 e. The Morgan fingerprint density at radius 2 is 1.94 bits per heavy atom. The molecule has 0 aliphatic rings. The summed E-state index contributed by atoms with van der Waals surface area (Å²) < 4.78 is 0. The third-order valence-electron chi connectivity index (χ3n) is 2.38. The summed E-state index contributed by atoms with van der Waals surface area (Å²) >= 11 is 0. The SMILES string of the molecule is CC(C)N(Cc1ccncc1)C(=O)/C=C/C(=O)O. The Hall–Kier alpha value is -2.17. The van der Waals surface area contributed by atoms with Crippen LogP contribution in [0.15, 0.2) is 36.7 Å². The zero-order valence-corrected chi connectivity index (χ0v) is 10.4. The van der Waals surface area contributed by atoms with E-state index in [4.69, 9.17) is 5.11 Å². The van der Waals surface area contributed by atoms with Crippen LogP contribution in [0.5, 0.6) is 0 Å². The molecule has 0 saturated carbocycles. The van der Waals surface area contributed by atoms with E-state index in [1.807, 2.05) is 26.0 Å². The van der Waals surface area contributed by atoms with Crippen LogP contribution in [-0.2, 0) is 16.1 Å². The van der Waals surface area contributed by atoms with Crippen molar-refractivity contribution in [3.05, 3.63) is 42.2 Å². The van der Waals surface area contributed by atoms with E-state index in [-0.39, 0.29) is 11.9 Å². The van der Waals surface area contributed by atoms with E-state index in [0.717, 1.165) is 17.7 Å². The van der Waals surface area contributed by atoms with E-state index in [2.05, 4.69) is 4.98 Å². The fourth-order valence-electron chi connectivity index (χ4n) is 1.44. The topological polar surface area (TPSA) is 70.5 Å². The Morgan fingerprint density at radius 1 is 1.33 bits per heavy atom. The Bertz CT molecular complexity index is 441. The molecular weight excluding hydrogens is 232 g/mol. The average Bonchev–Trinajstić information content (AvgIpc) is 2.34. The molecule has 0 bridgehead atoms. The highest BCUT2D eigenvalue weighted by molar-refractivity contribution is 5.94. The first-order valence-electron chi connectivity index (χ1n) is 5.61. The molecule has 0 atom stereocenters. The molecule has 0 spiro atoms. The predicted molar refractivity (Wildman–Crippen MR) is 66.7 cm³/mol. The lowest BCUT2D eigenvalue weighted by atomic mass is 10.2. The number of amides is 1. The second kappa shape index (κ2) is 6.54. The van der Waals surface area contributed by atoms with Gasteiger partial charge in [0.15, 0.2) is 0 Å². The average molecular weight is 248 g/mol. The van der Waals surface area contributed by atoms with Gasteiger partial charge >= 0.3 is 5.97 Å². The summed E-state index contributed by atoms with van der Waals surface area (Å²) in [7, 11) is 0. The van der Waals surface area contributed by atoms with Gasteiger partial charge in [0.05, 0.1) is 0 Å². The van der Waals surface area contributed by atoms with E-state index >= 15 is 0 Å². The Morgan fingerprint density at radius 3 is 2.44 bits per heavy atom. The maximum absolute atomic E-state index is 11.9. The normalized spacial score (nSPS) is 10.8. The fourth-order valence-corrected chi connectivity index (χ4v) is 1.44. The maximum Gasteiger partial charge on any atom is 0.328 e. The number of aliphatic carboxylic acids is 1. The van der Waals surface area contributed by atoms with Gasteiger partial charge in [0.1, 0.15) is 0 Å². The second-order valence-electron chi connectivity index (χ2n) is 4.09. The molecule has 0 radical (unpaired) electrons. The monoisotopic (exact) mass is 248 g/mol. The summed E-state index contributed by atoms with van der Waals surface area (Å²) in [6, 6.07) is 3.64. The first kappa shape index (κ1) is 13.9. The number of hydrogen-bond donors (Lipinski definition) is 1. The lowest BCUT2D eigenvalue weighted by Crippen LogP contribution is -2.35. The van der Waals surface area contributed by atoms with E-state index in [0.29, 0.717) is 6.54 Å². The maximum atomic E-state index is 11.9. The minimum atomic E-state index is -1.13. The largest absolute Gasteiger partial charge is 0.478 e. The summed E-state index contributed by atoms with van der Waals surface area (Å²) in [5.74, 6) is -1.44. The molecule has 1 aromatic heterocycles. The highest BCUT2D eigenvalue weighted by atomic mass is 16.4. The Kier molecular flexibility index (Phi) is 5.05. The van der Waals surface area contributed by atoms with Crippen molar-refractivity contribution < 1.29 is 14.7 Å². The number of pyridine rings is 1. The molecule has 1 N–H and O–H groups in total. The van der Waals surface area contributed by atoms with Crippen LogP contribution in [0.1, 0.15) is 19.4 Å². The quantitative estimate of drug-likeness (QED) is 0.801. The van der Waals surface area contributed by atoms with Crippen molar-refractivity contribution in [2.24, 2.45) is 0 Å². The molecule has 0 saturated heterocycles. The van der Waals surface area contributed by atoms with Crippen molar-refractivity contribution in [2.45, 2.75) is 26.4 Å². The number of hydrogen-bond acceptors (Lipinski definition) is 3. The van der Waals surface area contributed by atoms with Crippen molar-refractivity contribution in [1.29, 1.82) is 0 Å². The number of aromatic nitrogens is 1. The van der Waals surface area contributed by atoms with Gasteiger partial charge in [-0.1, -0.05) is 0 Å². The summed E-state index contributed by atoms with van der Waals surface area (Å²) in [5.41, 5.74) is 0.954. The van der Waals surface area contributed by atoms with Crippen molar-refractivity contribution in [2.75, 3.05) is 0 Å². The summed E-state index contributed by atoms with van der Waals surface area (Å²) in [6.07, 6.45) is 5.24. The lowest BCUT2D eigenvalue weighted by Gasteiger charge is -2.25. The van der Waals surface area contributed by atoms with Gasteiger partial charge in [-0.3, -0.25) is 9.78 Å². The third-order valence-corrected chi connectivity index (χ3v) is 2.38. The van der Waals surface area contributed by atoms with Crippen molar-refractivity contribution in [1.82, 2.24) is 9.88 Å². The molecular formula is C13H16N2O3. The molecule has 5 nitrogen and oxygen atoms in total.